The van der Waals surface area contributed by atoms with E-state index in [-0.39, 0.29) is 15.6 Å². The first-order valence-electron chi connectivity index (χ1n) is 6.11. The summed E-state index contributed by atoms with van der Waals surface area (Å²) in [6.07, 6.45) is 1.84. The van der Waals surface area contributed by atoms with Crippen LogP contribution < -0.4 is 5.73 Å². The molecule has 0 bridgehead atoms. The molecule has 1 heterocycles. The van der Waals surface area contributed by atoms with E-state index in [1.165, 1.54) is 16.4 Å². The van der Waals surface area contributed by atoms with Crippen LogP contribution in [0.25, 0.3) is 0 Å². The zero-order chi connectivity index (χ0) is 14.2. The van der Waals surface area contributed by atoms with E-state index in [4.69, 9.17) is 28.9 Å². The van der Waals surface area contributed by atoms with Crippen LogP contribution >= 0.6 is 23.2 Å². The lowest BCUT2D eigenvalue weighted by molar-refractivity contribution is 0.453. The van der Waals surface area contributed by atoms with E-state index in [9.17, 15) is 8.42 Å². The molecule has 0 spiro atoms. The third-order valence-electron chi connectivity index (χ3n) is 3.46. The molecule has 1 unspecified atom stereocenters. The Bertz CT molecular complexity index is 566. The normalized spacial score (nSPS) is 20.9. The molecule has 0 aliphatic carbocycles. The highest BCUT2D eigenvalue weighted by molar-refractivity contribution is 7.89. The van der Waals surface area contributed by atoms with Crippen LogP contribution in [0.15, 0.2) is 17.0 Å². The minimum atomic E-state index is -3.64. The Labute approximate surface area is 123 Å². The minimum Gasteiger partial charge on any atom is -0.398 e. The summed E-state index contributed by atoms with van der Waals surface area (Å²) in [4.78, 5) is -0.0321. The van der Waals surface area contributed by atoms with Gasteiger partial charge >= 0.3 is 0 Å². The Balaban J connectivity index is 2.41. The summed E-state index contributed by atoms with van der Waals surface area (Å²) >= 11 is 11.8. The summed E-state index contributed by atoms with van der Waals surface area (Å²) < 4.78 is 26.6. The number of nitrogens with zero attached hydrogens (tertiary/aromatic N) is 1. The molecule has 1 aromatic carbocycles. The molecule has 2 N–H and O–H groups in total. The van der Waals surface area contributed by atoms with Gasteiger partial charge in [-0.15, -0.1) is 0 Å². The third kappa shape index (κ3) is 2.84. The molecule has 7 heteroatoms. The van der Waals surface area contributed by atoms with Crippen molar-refractivity contribution in [3.05, 3.63) is 22.2 Å². The number of nitrogens with two attached hydrogens (primary N) is 1. The molecule has 106 valence electrons. The first-order valence-corrected chi connectivity index (χ1v) is 8.30. The molecule has 4 nitrogen and oxygen atoms in total. The standard InChI is InChI=1S/C12H16Cl2N2O2S/c1-2-8-3-4-16(7-8)19(17,18)12-10(14)5-9(13)6-11(12)15/h5-6,8H,2-4,7,15H2,1H3. The molecule has 1 fully saturated rings. The van der Waals surface area contributed by atoms with E-state index in [1.807, 2.05) is 0 Å². The minimum absolute atomic E-state index is 0.0321. The van der Waals surface area contributed by atoms with Crippen LogP contribution in [-0.4, -0.2) is 25.8 Å². The predicted molar refractivity (Wildman–Crippen MR) is 78.0 cm³/mol. The van der Waals surface area contributed by atoms with Gasteiger partial charge in [0, 0.05) is 18.1 Å². The lowest BCUT2D eigenvalue weighted by Gasteiger charge is -2.18. The van der Waals surface area contributed by atoms with E-state index in [2.05, 4.69) is 6.92 Å². The molecule has 1 atom stereocenters. The maximum absolute atomic E-state index is 12.6. The molecule has 19 heavy (non-hydrogen) atoms. The zero-order valence-corrected chi connectivity index (χ0v) is 12.9. The van der Waals surface area contributed by atoms with Gasteiger partial charge in [-0.2, -0.15) is 4.31 Å². The van der Waals surface area contributed by atoms with Gasteiger partial charge in [-0.05, 0) is 24.5 Å². The quantitative estimate of drug-likeness (QED) is 0.870. The second-order valence-electron chi connectivity index (χ2n) is 4.73. The number of nitrogen functional groups attached to an aromatic ring is 1. The molecular weight excluding hydrogens is 307 g/mol. The number of benzene rings is 1. The van der Waals surface area contributed by atoms with Crippen molar-refractivity contribution in [1.29, 1.82) is 0 Å². The number of halogens is 2. The lowest BCUT2D eigenvalue weighted by Crippen LogP contribution is -2.29. The Morgan fingerprint density at radius 2 is 2.11 bits per heavy atom. The van der Waals surface area contributed by atoms with Gasteiger partial charge < -0.3 is 5.73 Å². The van der Waals surface area contributed by atoms with Crippen LogP contribution in [0, 0.1) is 5.92 Å². The molecule has 0 amide bonds. The smallest absolute Gasteiger partial charge is 0.246 e. The molecule has 0 aromatic heterocycles. The summed E-state index contributed by atoms with van der Waals surface area (Å²) in [5.74, 6) is 0.405. The van der Waals surface area contributed by atoms with E-state index in [0.29, 0.717) is 24.0 Å². The highest BCUT2D eigenvalue weighted by Crippen LogP contribution is 2.35. The Morgan fingerprint density at radius 1 is 1.42 bits per heavy atom. The summed E-state index contributed by atoms with van der Waals surface area (Å²) in [7, 11) is -3.64. The van der Waals surface area contributed by atoms with E-state index in [0.717, 1.165) is 12.8 Å². The first kappa shape index (κ1) is 14.9. The highest BCUT2D eigenvalue weighted by atomic mass is 35.5. The van der Waals surface area contributed by atoms with Crippen molar-refractivity contribution in [2.24, 2.45) is 5.92 Å². The molecule has 2 rings (SSSR count). The van der Waals surface area contributed by atoms with Gasteiger partial charge in [0.25, 0.3) is 0 Å². The van der Waals surface area contributed by atoms with Crippen LogP contribution in [-0.2, 0) is 10.0 Å². The number of rotatable bonds is 3. The fourth-order valence-corrected chi connectivity index (χ4v) is 4.80. The van der Waals surface area contributed by atoms with Gasteiger partial charge in [0.2, 0.25) is 10.0 Å². The van der Waals surface area contributed by atoms with E-state index < -0.39 is 10.0 Å². The van der Waals surface area contributed by atoms with Crippen molar-refractivity contribution in [2.75, 3.05) is 18.8 Å². The number of hydrogen-bond acceptors (Lipinski definition) is 3. The van der Waals surface area contributed by atoms with Crippen LogP contribution in [0.1, 0.15) is 19.8 Å². The fraction of sp³-hybridized carbons (Fsp3) is 0.500. The summed E-state index contributed by atoms with van der Waals surface area (Å²) in [6.45, 7) is 3.10. The second-order valence-corrected chi connectivity index (χ2v) is 7.45. The average molecular weight is 323 g/mol. The Hall–Kier alpha value is -0.490. The summed E-state index contributed by atoms with van der Waals surface area (Å²) in [5.41, 5.74) is 5.86. The maximum atomic E-state index is 12.6. The molecule has 1 saturated heterocycles. The average Bonchev–Trinajstić information content (AvgIpc) is 2.75. The molecule has 1 aromatic rings. The van der Waals surface area contributed by atoms with Crippen LogP contribution in [0.2, 0.25) is 10.0 Å². The van der Waals surface area contributed by atoms with E-state index >= 15 is 0 Å². The van der Waals surface area contributed by atoms with Crippen LogP contribution in [0.5, 0.6) is 0 Å². The van der Waals surface area contributed by atoms with Crippen molar-refractivity contribution in [3.8, 4) is 0 Å². The highest BCUT2D eigenvalue weighted by Gasteiger charge is 2.34. The number of hydrogen-bond donors (Lipinski definition) is 1. The Kier molecular flexibility index (Phi) is 4.30. The molecule has 1 aliphatic heterocycles. The van der Waals surface area contributed by atoms with Crippen LogP contribution in [0.4, 0.5) is 5.69 Å². The third-order valence-corrected chi connectivity index (χ3v) is 6.07. The van der Waals surface area contributed by atoms with Gasteiger partial charge in [-0.25, -0.2) is 8.42 Å². The molecular formula is C12H16Cl2N2O2S. The first-order chi connectivity index (χ1) is 8.86. The number of anilines is 1. The van der Waals surface area contributed by atoms with Crippen molar-refractivity contribution in [1.82, 2.24) is 4.31 Å². The lowest BCUT2D eigenvalue weighted by atomic mass is 10.1. The predicted octanol–water partition coefficient (Wildman–Crippen LogP) is 3.00. The van der Waals surface area contributed by atoms with E-state index in [1.54, 1.807) is 0 Å². The van der Waals surface area contributed by atoms with Crippen molar-refractivity contribution in [3.63, 3.8) is 0 Å². The van der Waals surface area contributed by atoms with Gasteiger partial charge in [-0.3, -0.25) is 0 Å². The van der Waals surface area contributed by atoms with Gasteiger partial charge in [0.1, 0.15) is 4.90 Å². The van der Waals surface area contributed by atoms with Gasteiger partial charge in [0.15, 0.2) is 0 Å². The Morgan fingerprint density at radius 3 is 2.63 bits per heavy atom. The molecule has 0 radical (unpaired) electrons. The maximum Gasteiger partial charge on any atom is 0.246 e. The van der Waals surface area contributed by atoms with Gasteiger partial charge in [0.05, 0.1) is 10.7 Å². The molecule has 0 saturated carbocycles. The zero-order valence-electron chi connectivity index (χ0n) is 10.6. The largest absolute Gasteiger partial charge is 0.398 e. The second kappa shape index (κ2) is 5.48. The van der Waals surface area contributed by atoms with Gasteiger partial charge in [-0.1, -0.05) is 36.5 Å². The fourth-order valence-electron chi connectivity index (χ4n) is 2.33. The van der Waals surface area contributed by atoms with Crippen molar-refractivity contribution < 1.29 is 8.42 Å². The van der Waals surface area contributed by atoms with Crippen molar-refractivity contribution >= 4 is 38.9 Å². The topological polar surface area (TPSA) is 63.4 Å². The SMILES string of the molecule is CCC1CCN(S(=O)(=O)c2c(N)cc(Cl)cc2Cl)C1. The van der Waals surface area contributed by atoms with Crippen molar-refractivity contribution in [2.45, 2.75) is 24.7 Å². The monoisotopic (exact) mass is 322 g/mol. The summed E-state index contributed by atoms with van der Waals surface area (Å²) in [6, 6.07) is 2.81. The summed E-state index contributed by atoms with van der Waals surface area (Å²) in [5, 5.41) is 0.402. The molecule has 1 aliphatic rings. The van der Waals surface area contributed by atoms with Crippen LogP contribution in [0.3, 0.4) is 0 Å². The number of sulfonamides is 1.